The molecule has 15 heteroatoms. The first-order valence-corrected chi connectivity index (χ1v) is 20.9. The maximum atomic E-state index is 14.2. The molecule has 2 N–H and O–H groups in total. The van der Waals surface area contributed by atoms with Crippen molar-refractivity contribution in [2.75, 3.05) is 39.6 Å². The fourth-order valence-corrected chi connectivity index (χ4v) is 8.44. The molecule has 2 amide bonds. The van der Waals surface area contributed by atoms with Gasteiger partial charge >= 0.3 is 6.09 Å². The summed E-state index contributed by atoms with van der Waals surface area (Å²) in [6, 6.07) is 20.4. The second-order valence-electron chi connectivity index (χ2n) is 14.6. The first-order valence-electron chi connectivity index (χ1n) is 17.6. The summed E-state index contributed by atoms with van der Waals surface area (Å²) >= 11 is 0. The number of likely N-dealkylation sites (tertiary alicyclic amines) is 1. The van der Waals surface area contributed by atoms with Crippen molar-refractivity contribution in [1.29, 1.82) is 0 Å². The van der Waals surface area contributed by atoms with E-state index in [1.54, 1.807) is 27.9 Å². The van der Waals surface area contributed by atoms with Crippen LogP contribution >= 0.6 is 0 Å². The third-order valence-corrected chi connectivity index (χ3v) is 11.3. The number of unbranched alkanes of at least 4 members (excludes halogenated alkanes) is 1. The topological polar surface area (TPSA) is 167 Å². The van der Waals surface area contributed by atoms with Gasteiger partial charge in [0.2, 0.25) is 15.9 Å². The molecule has 288 valence electrons. The number of para-hydroxylation sites is 2. The number of hydrogen-bond acceptors (Lipinski definition) is 10. The molecule has 2 aliphatic rings. The molecule has 1 saturated heterocycles. The zero-order valence-corrected chi connectivity index (χ0v) is 32.4. The van der Waals surface area contributed by atoms with E-state index < -0.39 is 49.2 Å². The Kier molecular flexibility index (Phi) is 12.5. The van der Waals surface area contributed by atoms with Crippen LogP contribution in [0.4, 0.5) is 4.79 Å². The molecule has 0 aliphatic carbocycles. The largest absolute Gasteiger partial charge is 0.457 e. The van der Waals surface area contributed by atoms with E-state index in [0.29, 0.717) is 30.1 Å². The van der Waals surface area contributed by atoms with Crippen LogP contribution in [-0.4, -0.2) is 85.0 Å². The van der Waals surface area contributed by atoms with Gasteiger partial charge in [-0.25, -0.2) is 17.9 Å². The van der Waals surface area contributed by atoms with Crippen LogP contribution in [0.25, 0.3) is 0 Å². The molecule has 3 aromatic carbocycles. The van der Waals surface area contributed by atoms with Crippen LogP contribution in [-0.2, 0) is 50.6 Å². The fourth-order valence-electron chi connectivity index (χ4n) is 6.85. The average molecular weight is 772 g/mol. The number of fused-ring (bicyclic) bond motifs is 2. The number of rotatable bonds is 14. The van der Waals surface area contributed by atoms with Crippen molar-refractivity contribution in [2.45, 2.75) is 75.0 Å². The van der Waals surface area contributed by atoms with E-state index >= 15 is 0 Å². The summed E-state index contributed by atoms with van der Waals surface area (Å²) in [4.78, 5) is 28.9. The van der Waals surface area contributed by atoms with Crippen molar-refractivity contribution in [3.63, 3.8) is 0 Å². The number of hydrogen-bond donors (Lipinski definition) is 2. The van der Waals surface area contributed by atoms with Gasteiger partial charge in [-0.3, -0.25) is 8.98 Å². The highest BCUT2D eigenvalue weighted by atomic mass is 32.2. The number of piperidine rings is 1. The summed E-state index contributed by atoms with van der Waals surface area (Å²) in [6.07, 6.45) is 2.74. The van der Waals surface area contributed by atoms with Gasteiger partial charge in [-0.15, -0.1) is 0 Å². The first kappa shape index (κ1) is 40.2. The Bertz CT molecular complexity index is 1930. The van der Waals surface area contributed by atoms with E-state index in [4.69, 9.17) is 18.4 Å². The van der Waals surface area contributed by atoms with Crippen LogP contribution in [0.1, 0.15) is 63.1 Å². The fraction of sp³-hybridized carbons (Fsp3) is 0.474. The Morgan fingerprint density at radius 1 is 0.906 bits per heavy atom. The number of methoxy groups -OCH3 is 1. The van der Waals surface area contributed by atoms with E-state index in [2.05, 4.69) is 10.0 Å². The Morgan fingerprint density at radius 3 is 2.11 bits per heavy atom. The average Bonchev–Trinajstić information content (AvgIpc) is 3.10. The Hall–Kier alpha value is -4.02. The second kappa shape index (κ2) is 16.6. The SMILES string of the molecule is COCCCCC1(CNC(=O)[C@H]2C[C@@H](NS(=O)(=O)c3ccc(COS(C)(=O)=O)cc3)CN(C(=O)OC(C)(C)C)C2)c2ccccc2Oc2ccccc21. The summed E-state index contributed by atoms with van der Waals surface area (Å²) in [5.74, 6) is 0.337. The van der Waals surface area contributed by atoms with Gasteiger partial charge in [0.15, 0.2) is 0 Å². The molecule has 0 saturated carbocycles. The van der Waals surface area contributed by atoms with Gasteiger partial charge in [-0.1, -0.05) is 48.5 Å². The van der Waals surface area contributed by atoms with Gasteiger partial charge in [-0.05, 0) is 76.3 Å². The molecular formula is C38H49N3O10S2. The lowest BCUT2D eigenvalue weighted by atomic mass is 9.69. The highest BCUT2D eigenvalue weighted by Gasteiger charge is 2.43. The number of ether oxygens (including phenoxy) is 3. The molecule has 3 aromatic rings. The minimum absolute atomic E-state index is 0.0142. The second-order valence-corrected chi connectivity index (χ2v) is 17.9. The van der Waals surface area contributed by atoms with Crippen LogP contribution in [0.3, 0.4) is 0 Å². The van der Waals surface area contributed by atoms with Gasteiger partial charge in [0.05, 0.1) is 23.7 Å². The van der Waals surface area contributed by atoms with Crippen molar-refractivity contribution in [3.8, 4) is 11.5 Å². The lowest BCUT2D eigenvalue weighted by molar-refractivity contribution is -0.127. The Labute approximate surface area is 312 Å². The van der Waals surface area contributed by atoms with Gasteiger partial charge in [0.25, 0.3) is 10.1 Å². The van der Waals surface area contributed by atoms with E-state index in [1.807, 2.05) is 48.5 Å². The summed E-state index contributed by atoms with van der Waals surface area (Å²) in [6.45, 7) is 5.83. The molecule has 2 aliphatic heterocycles. The van der Waals surface area contributed by atoms with Crippen LogP contribution in [0.2, 0.25) is 0 Å². The minimum atomic E-state index is -4.12. The number of nitrogens with zero attached hydrogens (tertiary/aromatic N) is 1. The molecule has 0 unspecified atom stereocenters. The molecule has 2 heterocycles. The van der Waals surface area contributed by atoms with Crippen LogP contribution < -0.4 is 14.8 Å². The molecule has 0 spiro atoms. The predicted octanol–water partition coefficient (Wildman–Crippen LogP) is 5.09. The molecule has 0 bridgehead atoms. The molecule has 5 rings (SSSR count). The van der Waals surface area contributed by atoms with Crippen LogP contribution in [0.5, 0.6) is 11.5 Å². The number of sulfonamides is 1. The van der Waals surface area contributed by atoms with Gasteiger partial charge in [0.1, 0.15) is 17.1 Å². The maximum Gasteiger partial charge on any atom is 0.410 e. The molecular weight excluding hydrogens is 723 g/mol. The number of nitrogens with one attached hydrogen (secondary N) is 2. The lowest BCUT2D eigenvalue weighted by Gasteiger charge is -2.42. The van der Waals surface area contributed by atoms with Crippen LogP contribution in [0, 0.1) is 5.92 Å². The third kappa shape index (κ3) is 10.4. The van der Waals surface area contributed by atoms with Crippen molar-refractivity contribution < 1.29 is 44.8 Å². The smallest absolute Gasteiger partial charge is 0.410 e. The predicted molar refractivity (Wildman–Crippen MR) is 199 cm³/mol. The molecule has 0 radical (unpaired) electrons. The Balaban J connectivity index is 1.39. The first-order chi connectivity index (χ1) is 25.0. The summed E-state index contributed by atoms with van der Waals surface area (Å²) < 4.78 is 74.7. The monoisotopic (exact) mass is 771 g/mol. The summed E-state index contributed by atoms with van der Waals surface area (Å²) in [7, 11) is -6.13. The molecule has 2 atom stereocenters. The van der Waals surface area contributed by atoms with Gasteiger partial charge < -0.3 is 24.4 Å². The van der Waals surface area contributed by atoms with Gasteiger partial charge in [0, 0.05) is 55.9 Å². The number of benzene rings is 3. The molecule has 13 nitrogen and oxygen atoms in total. The van der Waals surface area contributed by atoms with E-state index in [9.17, 15) is 26.4 Å². The quantitative estimate of drug-likeness (QED) is 0.167. The van der Waals surface area contributed by atoms with E-state index in [1.165, 1.54) is 29.2 Å². The van der Waals surface area contributed by atoms with Crippen molar-refractivity contribution in [1.82, 2.24) is 14.9 Å². The van der Waals surface area contributed by atoms with Crippen molar-refractivity contribution >= 4 is 32.1 Å². The molecule has 53 heavy (non-hydrogen) atoms. The van der Waals surface area contributed by atoms with E-state index in [-0.39, 0.29) is 43.5 Å². The number of carbonyl (C=O) groups is 2. The number of carbonyl (C=O) groups excluding carboxylic acids is 2. The van der Waals surface area contributed by atoms with Crippen LogP contribution in [0.15, 0.2) is 77.7 Å². The van der Waals surface area contributed by atoms with Gasteiger partial charge in [-0.2, -0.15) is 8.42 Å². The molecule has 1 fully saturated rings. The van der Waals surface area contributed by atoms with E-state index in [0.717, 1.165) is 30.2 Å². The maximum absolute atomic E-state index is 14.2. The standard InChI is InChI=1S/C38H49N3O10S2/c1-37(2,3)51-36(43)41-23-28(22-29(24-41)40-53(46,47)30-18-16-27(17-19-30)25-49-52(5,44)45)35(42)39-26-38(20-10-11-21-48-4)31-12-6-8-14-33(31)50-34-15-9-7-13-32(34)38/h6-9,12-19,28-29,40H,10-11,20-26H2,1-5H3,(H,39,42)/t28-,29+/m0/s1. The highest BCUT2D eigenvalue weighted by molar-refractivity contribution is 7.89. The van der Waals surface area contributed by atoms with Crippen molar-refractivity contribution in [3.05, 3.63) is 89.5 Å². The lowest BCUT2D eigenvalue weighted by Crippen LogP contribution is -2.56. The third-order valence-electron chi connectivity index (χ3n) is 9.26. The zero-order valence-electron chi connectivity index (χ0n) is 30.8. The highest BCUT2D eigenvalue weighted by Crippen LogP contribution is 2.50. The summed E-state index contributed by atoms with van der Waals surface area (Å²) in [5, 5.41) is 3.20. The Morgan fingerprint density at radius 2 is 1.53 bits per heavy atom. The zero-order chi connectivity index (χ0) is 38.4. The summed E-state index contributed by atoms with van der Waals surface area (Å²) in [5.41, 5.74) is 0.924. The molecule has 0 aromatic heterocycles. The minimum Gasteiger partial charge on any atom is -0.457 e. The number of amides is 2. The van der Waals surface area contributed by atoms with Crippen molar-refractivity contribution in [2.24, 2.45) is 5.92 Å². The normalized spacial score (nSPS) is 18.3.